The molecule has 2 unspecified atom stereocenters. The van der Waals surface area contributed by atoms with Crippen LogP contribution in [0.4, 0.5) is 26.3 Å². The van der Waals surface area contributed by atoms with E-state index in [9.17, 15) is 35.9 Å². The van der Waals surface area contributed by atoms with Crippen LogP contribution in [0.1, 0.15) is 0 Å². The lowest BCUT2D eigenvalue weighted by molar-refractivity contribution is -0.276. The predicted octanol–water partition coefficient (Wildman–Crippen LogP) is 3.46. The number of rotatable bonds is 4. The van der Waals surface area contributed by atoms with Gasteiger partial charge in [0.25, 0.3) is 0 Å². The van der Waals surface area contributed by atoms with Crippen molar-refractivity contribution in [3.8, 4) is 0 Å². The van der Waals surface area contributed by atoms with Gasteiger partial charge in [-0.2, -0.15) is 17.6 Å². The van der Waals surface area contributed by atoms with Crippen molar-refractivity contribution in [3.05, 3.63) is 0 Å². The van der Waals surface area contributed by atoms with Crippen molar-refractivity contribution in [2.75, 3.05) is 0 Å². The number of hydrogen-bond donors (Lipinski definition) is 0. The zero-order valence-electron chi connectivity index (χ0n) is 8.41. The molecule has 14 heteroatoms. The standard InChI is InChI=1S/C6Cl4F6O4/c7-3(11,5(9,13)14)1(17)19-20-2(18)4(8,12)6(10,15)16. The highest BCUT2D eigenvalue weighted by molar-refractivity contribution is 6.40. The van der Waals surface area contributed by atoms with E-state index in [1.165, 1.54) is 0 Å². The minimum absolute atomic E-state index is 2.84. The van der Waals surface area contributed by atoms with Crippen molar-refractivity contribution in [3.63, 3.8) is 0 Å². The molecule has 0 aliphatic rings. The molecule has 118 valence electrons. The second-order valence-corrected chi connectivity index (χ2v) is 4.88. The summed E-state index contributed by atoms with van der Waals surface area (Å²) in [6.45, 7) is 0. The van der Waals surface area contributed by atoms with Crippen molar-refractivity contribution in [1.82, 2.24) is 0 Å². The minimum atomic E-state index is -5.03. The van der Waals surface area contributed by atoms with Gasteiger partial charge in [-0.15, -0.1) is 0 Å². The molecular formula is C6Cl4F6O4. The van der Waals surface area contributed by atoms with Gasteiger partial charge >= 0.3 is 33.0 Å². The minimum Gasteiger partial charge on any atom is -0.242 e. The first-order valence-corrected chi connectivity index (χ1v) is 5.38. The first kappa shape index (κ1) is 19.7. The molecule has 4 nitrogen and oxygen atoms in total. The van der Waals surface area contributed by atoms with Gasteiger partial charge in [0.2, 0.25) is 0 Å². The zero-order chi connectivity index (χ0) is 16.6. The second-order valence-electron chi connectivity index (χ2n) is 2.89. The third kappa shape index (κ3) is 4.09. The summed E-state index contributed by atoms with van der Waals surface area (Å²) in [7, 11) is 0. The van der Waals surface area contributed by atoms with Gasteiger partial charge in [-0.25, -0.2) is 28.1 Å². The van der Waals surface area contributed by atoms with Crippen LogP contribution in [0.5, 0.6) is 0 Å². The van der Waals surface area contributed by atoms with Crippen molar-refractivity contribution in [2.24, 2.45) is 0 Å². The van der Waals surface area contributed by atoms with Gasteiger partial charge in [0.15, 0.2) is 0 Å². The SMILES string of the molecule is O=C(OOC(=O)C(F)(Cl)C(F)(F)Cl)C(F)(Cl)C(F)(F)Cl. The van der Waals surface area contributed by atoms with Gasteiger partial charge in [-0.1, -0.05) is 23.2 Å². The molecule has 0 saturated carbocycles. The van der Waals surface area contributed by atoms with E-state index >= 15 is 0 Å². The van der Waals surface area contributed by atoms with Crippen molar-refractivity contribution in [1.29, 1.82) is 0 Å². The first-order valence-electron chi connectivity index (χ1n) is 3.87. The molecule has 0 aliphatic carbocycles. The molecule has 0 aliphatic heterocycles. The highest BCUT2D eigenvalue weighted by Crippen LogP contribution is 2.42. The molecule has 0 heterocycles. The van der Waals surface area contributed by atoms with Crippen LogP contribution in [0.2, 0.25) is 0 Å². The zero-order valence-corrected chi connectivity index (χ0v) is 11.4. The van der Waals surface area contributed by atoms with Crippen LogP contribution in [0, 0.1) is 0 Å². The average Bonchev–Trinajstić information content (AvgIpc) is 2.21. The summed E-state index contributed by atoms with van der Waals surface area (Å²) in [5.41, 5.74) is 0. The highest BCUT2D eigenvalue weighted by atomic mass is 35.5. The number of alkyl halides is 10. The van der Waals surface area contributed by atoms with E-state index in [1.54, 1.807) is 0 Å². The quantitative estimate of drug-likeness (QED) is 0.319. The van der Waals surface area contributed by atoms with E-state index in [1.807, 2.05) is 0 Å². The summed E-state index contributed by atoms with van der Waals surface area (Å²) in [5, 5.41) is -19.5. The Morgan fingerprint density at radius 1 is 0.650 bits per heavy atom. The van der Waals surface area contributed by atoms with Gasteiger partial charge in [0.1, 0.15) is 0 Å². The normalized spacial score (nSPS) is 18.7. The molecule has 0 radical (unpaired) electrons. The topological polar surface area (TPSA) is 52.6 Å². The van der Waals surface area contributed by atoms with Crippen LogP contribution >= 0.6 is 46.4 Å². The fourth-order valence-corrected chi connectivity index (χ4v) is 0.629. The summed E-state index contributed by atoms with van der Waals surface area (Å²) in [5.74, 6) is -5.67. The molecule has 2 atom stereocenters. The molecule has 0 spiro atoms. The lowest BCUT2D eigenvalue weighted by atomic mass is 10.4. The number of halogens is 10. The number of carbonyl (C=O) groups is 2. The Morgan fingerprint density at radius 2 is 0.850 bits per heavy atom. The first-order chi connectivity index (χ1) is 8.55. The van der Waals surface area contributed by atoms with E-state index < -0.39 is 33.0 Å². The molecule has 20 heavy (non-hydrogen) atoms. The molecule has 0 N–H and O–H groups in total. The average molecular weight is 392 g/mol. The van der Waals surface area contributed by atoms with E-state index in [-0.39, 0.29) is 0 Å². The summed E-state index contributed by atoms with van der Waals surface area (Å²) in [6.07, 6.45) is 0. The van der Waals surface area contributed by atoms with E-state index in [0.717, 1.165) is 0 Å². The predicted molar refractivity (Wildman–Crippen MR) is 53.2 cm³/mol. The van der Waals surface area contributed by atoms with Gasteiger partial charge in [-0.3, -0.25) is 0 Å². The van der Waals surface area contributed by atoms with Crippen LogP contribution in [0.25, 0.3) is 0 Å². The van der Waals surface area contributed by atoms with Crippen LogP contribution in [-0.4, -0.2) is 33.0 Å². The Hall–Kier alpha value is -0.320. The summed E-state index contributed by atoms with van der Waals surface area (Å²) < 4.78 is 74.9. The van der Waals surface area contributed by atoms with Gasteiger partial charge in [0.05, 0.1) is 0 Å². The van der Waals surface area contributed by atoms with Gasteiger partial charge in [-0.05, 0) is 23.2 Å². The Labute approximate surface area is 125 Å². The smallest absolute Gasteiger partial charge is 0.242 e. The molecule has 0 bridgehead atoms. The Balaban J connectivity index is 4.83. The summed E-state index contributed by atoms with van der Waals surface area (Å²) in [6, 6.07) is 0. The third-order valence-corrected chi connectivity index (χ3v) is 2.92. The van der Waals surface area contributed by atoms with E-state index in [4.69, 9.17) is 0 Å². The molecule has 0 rings (SSSR count). The Kier molecular flexibility index (Phi) is 5.72. The second kappa shape index (κ2) is 5.82. The maximum Gasteiger partial charge on any atom is 0.415 e. The van der Waals surface area contributed by atoms with E-state index in [0.29, 0.717) is 0 Å². The summed E-state index contributed by atoms with van der Waals surface area (Å²) in [4.78, 5) is 27.3. The molecule has 0 aromatic rings. The van der Waals surface area contributed by atoms with Crippen molar-refractivity contribution < 1.29 is 45.7 Å². The molecule has 0 amide bonds. The van der Waals surface area contributed by atoms with Gasteiger partial charge in [0, 0.05) is 0 Å². The van der Waals surface area contributed by atoms with Crippen molar-refractivity contribution >= 4 is 58.3 Å². The van der Waals surface area contributed by atoms with Crippen LogP contribution < -0.4 is 0 Å². The Bertz CT molecular complexity index is 365. The highest BCUT2D eigenvalue weighted by Gasteiger charge is 2.63. The van der Waals surface area contributed by atoms with Gasteiger partial charge < -0.3 is 0 Å². The molecule has 0 fully saturated rings. The molecule has 0 saturated heterocycles. The van der Waals surface area contributed by atoms with Crippen LogP contribution in [0.3, 0.4) is 0 Å². The maximum absolute atomic E-state index is 12.9. The third-order valence-electron chi connectivity index (χ3n) is 1.42. The monoisotopic (exact) mass is 390 g/mol. The lowest BCUT2D eigenvalue weighted by Crippen LogP contribution is -2.46. The van der Waals surface area contributed by atoms with Crippen LogP contribution in [0.15, 0.2) is 0 Å². The molecular weight excluding hydrogens is 392 g/mol. The van der Waals surface area contributed by atoms with E-state index in [2.05, 4.69) is 56.2 Å². The summed E-state index contributed by atoms with van der Waals surface area (Å²) >= 11 is 16.8. The number of hydrogen-bond acceptors (Lipinski definition) is 4. The molecule has 0 aromatic carbocycles. The lowest BCUT2D eigenvalue weighted by Gasteiger charge is -2.21. The fraction of sp³-hybridized carbons (Fsp3) is 0.667. The largest absolute Gasteiger partial charge is 0.415 e. The molecule has 0 aromatic heterocycles. The number of carbonyl (C=O) groups excluding carboxylic acids is 2. The Morgan fingerprint density at radius 3 is 1.00 bits per heavy atom. The van der Waals surface area contributed by atoms with Crippen LogP contribution in [-0.2, 0) is 19.4 Å². The maximum atomic E-state index is 12.9. The fourth-order valence-electron chi connectivity index (χ4n) is 0.412. The van der Waals surface area contributed by atoms with Crippen molar-refractivity contribution in [2.45, 2.75) is 21.0 Å².